The lowest BCUT2D eigenvalue weighted by atomic mass is 10.1. The van der Waals surface area contributed by atoms with E-state index in [1.165, 1.54) is 11.8 Å². The van der Waals surface area contributed by atoms with Crippen LogP contribution in [0.1, 0.15) is 33.6 Å². The normalized spacial score (nSPS) is 19.3. The van der Waals surface area contributed by atoms with Gasteiger partial charge in [-0.15, -0.1) is 0 Å². The van der Waals surface area contributed by atoms with Crippen LogP contribution < -0.4 is 5.32 Å². The van der Waals surface area contributed by atoms with Crippen molar-refractivity contribution in [3.8, 4) is 0 Å². The van der Waals surface area contributed by atoms with E-state index >= 15 is 0 Å². The fourth-order valence-corrected chi connectivity index (χ4v) is 1.96. The van der Waals surface area contributed by atoms with Gasteiger partial charge in [0.25, 0.3) is 11.8 Å². The molecule has 2 amide bonds. The molecule has 5 heteroatoms. The summed E-state index contributed by atoms with van der Waals surface area (Å²) in [4.78, 5) is 27.2. The van der Waals surface area contributed by atoms with Crippen LogP contribution in [0.2, 0.25) is 0 Å². The van der Waals surface area contributed by atoms with Crippen LogP contribution in [0, 0.1) is 0 Å². The number of hydrogen-bond acceptors (Lipinski definition) is 3. The lowest BCUT2D eigenvalue weighted by Gasteiger charge is -2.15. The maximum Gasteiger partial charge on any atom is 0.284 e. The molecule has 0 aromatic rings. The molecule has 0 saturated heterocycles. The second-order valence-electron chi connectivity index (χ2n) is 3.53. The van der Waals surface area contributed by atoms with Gasteiger partial charge in [0.2, 0.25) is 0 Å². The summed E-state index contributed by atoms with van der Waals surface area (Å²) in [5.41, 5.74) is 0.981. The second-order valence-corrected chi connectivity index (χ2v) is 4.62. The van der Waals surface area contributed by atoms with E-state index in [1.54, 1.807) is 6.92 Å². The molecule has 16 heavy (non-hydrogen) atoms. The van der Waals surface area contributed by atoms with Crippen molar-refractivity contribution in [2.24, 2.45) is 4.99 Å². The first kappa shape index (κ1) is 13.0. The van der Waals surface area contributed by atoms with E-state index in [9.17, 15) is 9.59 Å². The lowest BCUT2D eigenvalue weighted by Crippen LogP contribution is -2.38. The monoisotopic (exact) mass is 240 g/mol. The molecule has 0 aliphatic carbocycles. The molecule has 0 aromatic heterocycles. The molecule has 0 radical (unpaired) electrons. The molecule has 0 spiro atoms. The molecule has 0 unspecified atom stereocenters. The highest BCUT2D eigenvalue weighted by molar-refractivity contribution is 8.13. The summed E-state index contributed by atoms with van der Waals surface area (Å²) in [6.07, 6.45) is 1.66. The molecule has 1 N–H and O–H groups in total. The third-order valence-electron chi connectivity index (χ3n) is 2.26. The van der Waals surface area contributed by atoms with Gasteiger partial charge in [-0.2, -0.15) is 4.99 Å². The van der Waals surface area contributed by atoms with Crippen molar-refractivity contribution in [1.29, 1.82) is 0 Å². The average Bonchev–Trinajstić information content (AvgIpc) is 2.25. The van der Waals surface area contributed by atoms with Crippen LogP contribution >= 0.6 is 11.8 Å². The van der Waals surface area contributed by atoms with E-state index in [0.29, 0.717) is 11.6 Å². The minimum Gasteiger partial charge on any atom is -0.301 e. The molecule has 1 heterocycles. The minimum absolute atomic E-state index is 0.198. The molecule has 0 bridgehead atoms. The van der Waals surface area contributed by atoms with Crippen LogP contribution in [0.15, 0.2) is 16.1 Å². The van der Waals surface area contributed by atoms with Gasteiger partial charge in [-0.05, 0) is 19.8 Å². The number of nitrogens with zero attached hydrogens (tertiary/aromatic N) is 1. The van der Waals surface area contributed by atoms with Crippen molar-refractivity contribution in [3.05, 3.63) is 11.1 Å². The summed E-state index contributed by atoms with van der Waals surface area (Å²) in [6, 6.07) is 0. The van der Waals surface area contributed by atoms with Crippen molar-refractivity contribution in [2.75, 3.05) is 5.75 Å². The summed E-state index contributed by atoms with van der Waals surface area (Å²) >= 11 is 1.40. The minimum atomic E-state index is -0.415. The fraction of sp³-hybridized carbons (Fsp3) is 0.545. The fourth-order valence-electron chi connectivity index (χ4n) is 1.25. The lowest BCUT2D eigenvalue weighted by molar-refractivity contribution is -0.122. The SMILES string of the molecule is CCCSC1=NC(=O)/C(=C(\C)CC)C(=O)N1. The highest BCUT2D eigenvalue weighted by Gasteiger charge is 2.26. The van der Waals surface area contributed by atoms with E-state index in [0.717, 1.165) is 17.7 Å². The highest BCUT2D eigenvalue weighted by Crippen LogP contribution is 2.16. The molecule has 0 fully saturated rings. The number of carbonyl (C=O) groups excluding carboxylic acids is 2. The van der Waals surface area contributed by atoms with Crippen LogP contribution in [0.5, 0.6) is 0 Å². The first-order valence-electron chi connectivity index (χ1n) is 5.37. The van der Waals surface area contributed by atoms with Crippen molar-refractivity contribution in [1.82, 2.24) is 5.32 Å². The number of rotatable bonds is 3. The van der Waals surface area contributed by atoms with Gasteiger partial charge in [0.15, 0.2) is 5.17 Å². The summed E-state index contributed by atoms with van der Waals surface area (Å²) < 4.78 is 0. The van der Waals surface area contributed by atoms with Gasteiger partial charge >= 0.3 is 0 Å². The zero-order valence-electron chi connectivity index (χ0n) is 9.79. The molecule has 0 atom stereocenters. The van der Waals surface area contributed by atoms with Crippen molar-refractivity contribution in [2.45, 2.75) is 33.6 Å². The Morgan fingerprint density at radius 3 is 2.56 bits per heavy atom. The number of amidine groups is 1. The first-order chi connectivity index (χ1) is 7.60. The summed E-state index contributed by atoms with van der Waals surface area (Å²) in [5.74, 6) is 0.109. The van der Waals surface area contributed by atoms with Crippen LogP contribution in [-0.2, 0) is 9.59 Å². The quantitative estimate of drug-likeness (QED) is 0.605. The maximum absolute atomic E-state index is 11.7. The standard InChI is InChI=1S/C11H16N2O2S/c1-4-6-16-11-12-9(14)8(7(3)5-2)10(15)13-11/h4-6H2,1-3H3,(H,12,13,14,15). The largest absolute Gasteiger partial charge is 0.301 e. The van der Waals surface area contributed by atoms with Crippen LogP contribution in [0.3, 0.4) is 0 Å². The van der Waals surface area contributed by atoms with E-state index in [4.69, 9.17) is 0 Å². The number of aliphatic imine (C=N–C) groups is 1. The summed E-state index contributed by atoms with van der Waals surface area (Å²) in [5, 5.41) is 3.06. The predicted octanol–water partition coefficient (Wildman–Crippen LogP) is 1.87. The summed E-state index contributed by atoms with van der Waals surface area (Å²) in [7, 11) is 0. The Hall–Kier alpha value is -1.10. The predicted molar refractivity (Wildman–Crippen MR) is 66.3 cm³/mol. The zero-order chi connectivity index (χ0) is 12.1. The second kappa shape index (κ2) is 5.84. The smallest absolute Gasteiger partial charge is 0.284 e. The highest BCUT2D eigenvalue weighted by atomic mass is 32.2. The number of carbonyl (C=O) groups is 2. The Balaban J connectivity index is 2.89. The Kier molecular flexibility index (Phi) is 4.73. The molecule has 1 rings (SSSR count). The van der Waals surface area contributed by atoms with Gasteiger partial charge in [-0.3, -0.25) is 9.59 Å². The number of allylic oxidation sites excluding steroid dienone is 1. The third-order valence-corrected chi connectivity index (χ3v) is 3.34. The molecular formula is C11H16N2O2S. The van der Waals surface area contributed by atoms with Crippen LogP contribution in [0.25, 0.3) is 0 Å². The molecule has 88 valence electrons. The number of thioether (sulfide) groups is 1. The van der Waals surface area contributed by atoms with Gasteiger partial charge in [0, 0.05) is 5.75 Å². The molecule has 0 aromatic carbocycles. The van der Waals surface area contributed by atoms with Crippen LogP contribution in [-0.4, -0.2) is 22.7 Å². The van der Waals surface area contributed by atoms with Gasteiger partial charge in [-0.1, -0.05) is 31.2 Å². The van der Waals surface area contributed by atoms with E-state index in [1.807, 2.05) is 13.8 Å². The Morgan fingerprint density at radius 1 is 1.38 bits per heavy atom. The zero-order valence-corrected chi connectivity index (χ0v) is 10.6. The Labute approximate surface area is 99.6 Å². The van der Waals surface area contributed by atoms with Gasteiger partial charge in [0.05, 0.1) is 0 Å². The maximum atomic E-state index is 11.7. The average molecular weight is 240 g/mol. The van der Waals surface area contributed by atoms with E-state index in [-0.39, 0.29) is 11.5 Å². The van der Waals surface area contributed by atoms with Crippen molar-refractivity contribution >= 4 is 28.7 Å². The van der Waals surface area contributed by atoms with Crippen LogP contribution in [0.4, 0.5) is 0 Å². The van der Waals surface area contributed by atoms with E-state index in [2.05, 4.69) is 10.3 Å². The van der Waals surface area contributed by atoms with Crippen molar-refractivity contribution in [3.63, 3.8) is 0 Å². The van der Waals surface area contributed by atoms with Gasteiger partial charge in [-0.25, -0.2) is 0 Å². The molecule has 4 nitrogen and oxygen atoms in total. The molecule has 1 aliphatic heterocycles. The number of amides is 2. The van der Waals surface area contributed by atoms with Crippen molar-refractivity contribution < 1.29 is 9.59 Å². The number of hydrogen-bond donors (Lipinski definition) is 1. The van der Waals surface area contributed by atoms with E-state index < -0.39 is 5.91 Å². The summed E-state index contributed by atoms with van der Waals surface area (Å²) in [6.45, 7) is 5.73. The first-order valence-corrected chi connectivity index (χ1v) is 6.35. The third kappa shape index (κ3) is 2.95. The van der Waals surface area contributed by atoms with Gasteiger partial charge < -0.3 is 5.32 Å². The Bertz CT molecular complexity index is 372. The molecule has 0 saturated carbocycles. The van der Waals surface area contributed by atoms with Gasteiger partial charge in [0.1, 0.15) is 5.57 Å². The topological polar surface area (TPSA) is 58.5 Å². The number of nitrogens with one attached hydrogen (secondary N) is 1. The molecule has 1 aliphatic rings. The Morgan fingerprint density at radius 2 is 2.06 bits per heavy atom. The molecular weight excluding hydrogens is 224 g/mol.